The Morgan fingerprint density at radius 3 is 2.46 bits per heavy atom. The molecule has 0 radical (unpaired) electrons. The summed E-state index contributed by atoms with van der Waals surface area (Å²) in [6, 6.07) is 7.22. The van der Waals surface area contributed by atoms with Crippen LogP contribution in [-0.4, -0.2) is 31.7 Å². The summed E-state index contributed by atoms with van der Waals surface area (Å²) in [5, 5.41) is 3.39. The number of amides is 1. The largest absolute Gasteiger partial charge is 0.490 e. The normalized spacial score (nSPS) is 12.8. The van der Waals surface area contributed by atoms with E-state index in [0.29, 0.717) is 35.3 Å². The highest BCUT2D eigenvalue weighted by Gasteiger charge is 2.27. The third-order valence-corrected chi connectivity index (χ3v) is 5.62. The van der Waals surface area contributed by atoms with Gasteiger partial charge in [-0.3, -0.25) is 4.79 Å². The van der Waals surface area contributed by atoms with E-state index in [1.807, 2.05) is 19.1 Å². The van der Waals surface area contributed by atoms with Gasteiger partial charge in [0, 0.05) is 4.88 Å². The Balaban J connectivity index is 1.72. The lowest BCUT2D eigenvalue weighted by Crippen LogP contribution is -2.21. The Hall–Kier alpha value is -2.54. The summed E-state index contributed by atoms with van der Waals surface area (Å²) in [5.41, 5.74) is 1.53. The minimum atomic E-state index is -0.375. The predicted molar refractivity (Wildman–Crippen MR) is 109 cm³/mol. The monoisotopic (exact) mass is 403 g/mol. The molecular weight excluding hydrogens is 378 g/mol. The lowest BCUT2D eigenvalue weighted by molar-refractivity contribution is -0.118. The second kappa shape index (κ2) is 9.59. The molecule has 1 N–H and O–H groups in total. The van der Waals surface area contributed by atoms with Gasteiger partial charge < -0.3 is 19.5 Å². The molecule has 28 heavy (non-hydrogen) atoms. The highest BCUT2D eigenvalue weighted by Crippen LogP contribution is 2.38. The third-order valence-electron chi connectivity index (χ3n) is 4.41. The molecule has 0 unspecified atom stereocenters. The molecule has 1 aromatic carbocycles. The van der Waals surface area contributed by atoms with Gasteiger partial charge in [0.1, 0.15) is 5.00 Å². The van der Waals surface area contributed by atoms with Gasteiger partial charge in [-0.25, -0.2) is 4.79 Å². The summed E-state index contributed by atoms with van der Waals surface area (Å²) < 4.78 is 16.3. The first-order valence-corrected chi connectivity index (χ1v) is 10.4. The molecule has 0 spiro atoms. The number of esters is 1. The van der Waals surface area contributed by atoms with Gasteiger partial charge in [0.15, 0.2) is 18.1 Å². The maximum absolute atomic E-state index is 12.5. The number of para-hydroxylation sites is 2. The molecule has 1 amide bonds. The van der Waals surface area contributed by atoms with Gasteiger partial charge in [-0.1, -0.05) is 12.1 Å². The number of benzene rings is 1. The zero-order valence-electron chi connectivity index (χ0n) is 16.2. The van der Waals surface area contributed by atoms with E-state index in [9.17, 15) is 9.59 Å². The molecule has 1 aliphatic carbocycles. The lowest BCUT2D eigenvalue weighted by Gasteiger charge is -2.13. The molecule has 3 rings (SSSR count). The number of hydrogen-bond acceptors (Lipinski definition) is 6. The quantitative estimate of drug-likeness (QED) is 0.668. The Bertz CT molecular complexity index is 845. The van der Waals surface area contributed by atoms with Gasteiger partial charge >= 0.3 is 5.97 Å². The van der Waals surface area contributed by atoms with Crippen LogP contribution in [0, 0.1) is 0 Å². The molecule has 0 fully saturated rings. The van der Waals surface area contributed by atoms with Crippen molar-refractivity contribution in [2.24, 2.45) is 0 Å². The fourth-order valence-electron chi connectivity index (χ4n) is 3.22. The van der Waals surface area contributed by atoms with Crippen molar-refractivity contribution >= 4 is 28.2 Å². The highest BCUT2D eigenvalue weighted by atomic mass is 32.1. The van der Waals surface area contributed by atoms with Crippen LogP contribution >= 0.6 is 11.3 Å². The van der Waals surface area contributed by atoms with Gasteiger partial charge in [-0.05, 0) is 57.2 Å². The third kappa shape index (κ3) is 4.65. The standard InChI is InChI=1S/C21H25NO5S/c1-3-25-15-10-6-7-11-16(15)27-13-18(23)22-20-19(21(24)26-4-2)14-9-5-8-12-17(14)28-20/h6-7,10-11H,3-5,8-9,12-13H2,1-2H3,(H,22,23). The summed E-state index contributed by atoms with van der Waals surface area (Å²) in [5.74, 6) is 0.405. The summed E-state index contributed by atoms with van der Waals surface area (Å²) >= 11 is 1.46. The molecule has 0 aliphatic heterocycles. The van der Waals surface area contributed by atoms with Gasteiger partial charge in [0.25, 0.3) is 5.91 Å². The molecule has 1 aromatic heterocycles. The molecule has 1 aliphatic rings. The van der Waals surface area contributed by atoms with Crippen molar-refractivity contribution in [3.05, 3.63) is 40.3 Å². The Morgan fingerprint density at radius 1 is 1.04 bits per heavy atom. The molecule has 0 saturated heterocycles. The average Bonchev–Trinajstić information content (AvgIpc) is 3.05. The number of hydrogen-bond donors (Lipinski definition) is 1. The Kier molecular flexibility index (Phi) is 6.92. The molecule has 0 saturated carbocycles. The molecule has 2 aromatic rings. The SMILES string of the molecule is CCOC(=O)c1c(NC(=O)COc2ccccc2OCC)sc2c1CCCC2. The molecule has 0 atom stereocenters. The van der Waals surface area contributed by atoms with E-state index in [1.165, 1.54) is 11.3 Å². The first-order chi connectivity index (χ1) is 13.6. The van der Waals surface area contributed by atoms with Crippen LogP contribution in [0.15, 0.2) is 24.3 Å². The average molecular weight is 404 g/mol. The number of nitrogens with one attached hydrogen (secondary N) is 1. The maximum atomic E-state index is 12.5. The number of anilines is 1. The van der Waals surface area contributed by atoms with Crippen molar-refractivity contribution < 1.29 is 23.8 Å². The van der Waals surface area contributed by atoms with Crippen LogP contribution < -0.4 is 14.8 Å². The smallest absolute Gasteiger partial charge is 0.341 e. The molecule has 7 heteroatoms. The van der Waals surface area contributed by atoms with Gasteiger partial charge in [0.2, 0.25) is 0 Å². The van der Waals surface area contributed by atoms with Crippen molar-refractivity contribution in [2.75, 3.05) is 25.1 Å². The van der Waals surface area contributed by atoms with Crippen molar-refractivity contribution in [1.29, 1.82) is 0 Å². The van der Waals surface area contributed by atoms with Crippen LogP contribution in [0.5, 0.6) is 11.5 Å². The molecule has 150 valence electrons. The number of carbonyl (C=O) groups excluding carboxylic acids is 2. The number of carbonyl (C=O) groups is 2. The van der Waals surface area contributed by atoms with Crippen LogP contribution in [0.3, 0.4) is 0 Å². The van der Waals surface area contributed by atoms with E-state index < -0.39 is 0 Å². The minimum absolute atomic E-state index is 0.172. The highest BCUT2D eigenvalue weighted by molar-refractivity contribution is 7.17. The fraction of sp³-hybridized carbons (Fsp3) is 0.429. The van der Waals surface area contributed by atoms with Crippen molar-refractivity contribution in [1.82, 2.24) is 0 Å². The Labute approximate surface area is 168 Å². The van der Waals surface area contributed by atoms with E-state index in [0.717, 1.165) is 36.1 Å². The van der Waals surface area contributed by atoms with Crippen LogP contribution in [0.2, 0.25) is 0 Å². The summed E-state index contributed by atoms with van der Waals surface area (Å²) in [7, 11) is 0. The topological polar surface area (TPSA) is 73.9 Å². The van der Waals surface area contributed by atoms with E-state index in [4.69, 9.17) is 14.2 Å². The minimum Gasteiger partial charge on any atom is -0.490 e. The van der Waals surface area contributed by atoms with Gasteiger partial charge in [0.05, 0.1) is 18.8 Å². The van der Waals surface area contributed by atoms with E-state index in [1.54, 1.807) is 19.1 Å². The Morgan fingerprint density at radius 2 is 1.75 bits per heavy atom. The number of thiophene rings is 1. The van der Waals surface area contributed by atoms with Crippen molar-refractivity contribution in [3.8, 4) is 11.5 Å². The molecule has 1 heterocycles. The number of ether oxygens (including phenoxy) is 3. The summed E-state index contributed by atoms with van der Waals surface area (Å²) in [6.07, 6.45) is 3.91. The first kappa shape index (κ1) is 20.2. The van der Waals surface area contributed by atoms with Crippen molar-refractivity contribution in [2.45, 2.75) is 39.5 Å². The van der Waals surface area contributed by atoms with Crippen LogP contribution in [0.25, 0.3) is 0 Å². The second-order valence-corrected chi connectivity index (χ2v) is 7.46. The van der Waals surface area contributed by atoms with Crippen molar-refractivity contribution in [3.63, 3.8) is 0 Å². The van der Waals surface area contributed by atoms with Crippen LogP contribution in [-0.2, 0) is 22.4 Å². The first-order valence-electron chi connectivity index (χ1n) is 9.60. The van der Waals surface area contributed by atoms with Gasteiger partial charge in [-0.2, -0.15) is 0 Å². The van der Waals surface area contributed by atoms with Gasteiger partial charge in [-0.15, -0.1) is 11.3 Å². The van der Waals surface area contributed by atoms with Crippen LogP contribution in [0.4, 0.5) is 5.00 Å². The molecule has 6 nitrogen and oxygen atoms in total. The lowest BCUT2D eigenvalue weighted by atomic mass is 9.95. The number of aryl methyl sites for hydroxylation is 1. The van der Waals surface area contributed by atoms with E-state index >= 15 is 0 Å². The van der Waals surface area contributed by atoms with Crippen LogP contribution in [0.1, 0.15) is 47.5 Å². The van der Waals surface area contributed by atoms with E-state index in [-0.39, 0.29) is 18.5 Å². The number of rotatable bonds is 8. The molecule has 0 bridgehead atoms. The zero-order chi connectivity index (χ0) is 19.9. The predicted octanol–water partition coefficient (Wildman–Crippen LogP) is 4.22. The maximum Gasteiger partial charge on any atom is 0.341 e. The fourth-order valence-corrected chi connectivity index (χ4v) is 4.52. The second-order valence-electron chi connectivity index (χ2n) is 6.35. The summed E-state index contributed by atoms with van der Waals surface area (Å²) in [4.78, 5) is 26.1. The van der Waals surface area contributed by atoms with E-state index in [2.05, 4.69) is 5.32 Å². The number of fused-ring (bicyclic) bond motifs is 1. The zero-order valence-corrected chi connectivity index (χ0v) is 17.0. The summed E-state index contributed by atoms with van der Waals surface area (Å²) in [6.45, 7) is 4.30. The molecular formula is C21H25NO5S.